The second kappa shape index (κ2) is 4.80. The van der Waals surface area contributed by atoms with Crippen LogP contribution in [0, 0.1) is 10.1 Å². The van der Waals surface area contributed by atoms with Crippen LogP contribution < -0.4 is 10.5 Å². The van der Waals surface area contributed by atoms with Crippen molar-refractivity contribution in [1.82, 2.24) is 4.98 Å². The number of pyridine rings is 1. The summed E-state index contributed by atoms with van der Waals surface area (Å²) in [6.07, 6.45) is 1.08. The molecule has 0 aliphatic heterocycles. The van der Waals surface area contributed by atoms with Gasteiger partial charge in [0.1, 0.15) is 4.60 Å². The highest BCUT2D eigenvalue weighted by Crippen LogP contribution is 2.28. The Kier molecular flexibility index (Phi) is 3.69. The van der Waals surface area contributed by atoms with Gasteiger partial charge in [-0.05, 0) is 15.9 Å². The van der Waals surface area contributed by atoms with Gasteiger partial charge < -0.3 is 10.5 Å². The van der Waals surface area contributed by atoms with E-state index in [0.717, 1.165) is 12.3 Å². The lowest BCUT2D eigenvalue weighted by molar-refractivity contribution is -0.385. The predicted molar refractivity (Wildman–Crippen MR) is 53.3 cm³/mol. The van der Waals surface area contributed by atoms with Gasteiger partial charge in [0, 0.05) is 0 Å². The number of halogens is 1. The van der Waals surface area contributed by atoms with Crippen LogP contribution in [0.1, 0.15) is 0 Å². The molecule has 1 aromatic rings. The van der Waals surface area contributed by atoms with Crippen LogP contribution >= 0.6 is 15.9 Å². The van der Waals surface area contributed by atoms with Gasteiger partial charge in [-0.1, -0.05) is 0 Å². The number of rotatable bonds is 3. The maximum Gasteiger partial charge on any atom is 0.325 e. The molecular weight excluding hydrogens is 270 g/mol. The molecule has 0 fully saturated rings. The number of aromatic nitrogens is 1. The number of esters is 1. The van der Waals surface area contributed by atoms with E-state index in [9.17, 15) is 14.9 Å². The molecule has 0 spiro atoms. The van der Waals surface area contributed by atoms with Gasteiger partial charge in [-0.2, -0.15) is 0 Å². The highest BCUT2D eigenvalue weighted by atomic mass is 79.9. The Morgan fingerprint density at radius 3 is 2.93 bits per heavy atom. The topological polar surface area (TPSA) is 108 Å². The number of nitrogens with zero attached hydrogens (tertiary/aromatic N) is 2. The fourth-order valence-corrected chi connectivity index (χ4v) is 1.11. The molecule has 2 N–H and O–H groups in total. The summed E-state index contributed by atoms with van der Waals surface area (Å²) >= 11 is 2.97. The van der Waals surface area contributed by atoms with Crippen LogP contribution in [0.15, 0.2) is 16.9 Å². The second-order valence-corrected chi connectivity index (χ2v) is 3.22. The van der Waals surface area contributed by atoms with E-state index in [1.54, 1.807) is 0 Å². The standard InChI is InChI=1S/C7H6BrN3O4/c8-6-1-4(11(13)14)5(3-10-6)15-7(12)2-9/h1,3H,2,9H2. The minimum absolute atomic E-state index is 0.223. The van der Waals surface area contributed by atoms with Crippen molar-refractivity contribution in [3.63, 3.8) is 0 Å². The molecule has 0 atom stereocenters. The van der Waals surface area contributed by atoms with Crippen LogP contribution in [0.4, 0.5) is 5.69 Å². The Morgan fingerprint density at radius 2 is 2.40 bits per heavy atom. The first-order valence-electron chi connectivity index (χ1n) is 3.75. The molecular formula is C7H6BrN3O4. The Hall–Kier alpha value is -1.54. The lowest BCUT2D eigenvalue weighted by Crippen LogP contribution is -2.20. The van der Waals surface area contributed by atoms with Crippen LogP contribution in [0.5, 0.6) is 5.75 Å². The zero-order valence-corrected chi connectivity index (χ0v) is 8.93. The summed E-state index contributed by atoms with van der Waals surface area (Å²) in [4.78, 5) is 24.4. The average Bonchev–Trinajstić information content (AvgIpc) is 2.20. The summed E-state index contributed by atoms with van der Waals surface area (Å²) in [6.45, 7) is -0.354. The van der Waals surface area contributed by atoms with Gasteiger partial charge >= 0.3 is 11.7 Å². The molecule has 0 amide bonds. The molecule has 0 aliphatic rings. The minimum Gasteiger partial charge on any atom is -0.417 e. The van der Waals surface area contributed by atoms with E-state index in [1.165, 1.54) is 0 Å². The first-order valence-corrected chi connectivity index (χ1v) is 4.54. The molecule has 0 aromatic carbocycles. The number of hydrogen-bond acceptors (Lipinski definition) is 6. The van der Waals surface area contributed by atoms with E-state index in [4.69, 9.17) is 5.73 Å². The van der Waals surface area contributed by atoms with E-state index in [1.807, 2.05) is 0 Å². The zero-order chi connectivity index (χ0) is 11.4. The maximum atomic E-state index is 10.8. The van der Waals surface area contributed by atoms with Crippen LogP contribution in [0.2, 0.25) is 0 Å². The van der Waals surface area contributed by atoms with Gasteiger partial charge in [0.2, 0.25) is 5.75 Å². The monoisotopic (exact) mass is 275 g/mol. The van der Waals surface area contributed by atoms with Gasteiger partial charge in [0.25, 0.3) is 0 Å². The summed E-state index contributed by atoms with van der Waals surface area (Å²) in [7, 11) is 0. The predicted octanol–water partition coefficient (Wildman–Crippen LogP) is 0.616. The molecule has 0 saturated heterocycles. The number of nitro groups is 1. The Morgan fingerprint density at radius 1 is 1.73 bits per heavy atom. The van der Waals surface area contributed by atoms with Crippen molar-refractivity contribution in [1.29, 1.82) is 0 Å². The summed E-state index contributed by atoms with van der Waals surface area (Å²) in [6, 6.07) is 1.14. The third kappa shape index (κ3) is 2.96. The van der Waals surface area contributed by atoms with Gasteiger partial charge in [0.15, 0.2) is 0 Å². The molecule has 0 radical (unpaired) electrons. The number of carbonyl (C=O) groups excluding carboxylic acids is 1. The van der Waals surface area contributed by atoms with Crippen molar-refractivity contribution in [2.24, 2.45) is 5.73 Å². The maximum absolute atomic E-state index is 10.8. The SMILES string of the molecule is NCC(=O)Oc1cnc(Br)cc1[N+](=O)[O-]. The van der Waals surface area contributed by atoms with Crippen LogP contribution in [-0.2, 0) is 4.79 Å². The van der Waals surface area contributed by atoms with Gasteiger partial charge in [-0.15, -0.1) is 0 Å². The van der Waals surface area contributed by atoms with Crippen LogP contribution in [0.25, 0.3) is 0 Å². The van der Waals surface area contributed by atoms with Crippen molar-refractivity contribution < 1.29 is 14.5 Å². The van der Waals surface area contributed by atoms with Crippen LogP contribution in [-0.4, -0.2) is 22.4 Å². The Bertz CT molecular complexity index is 409. The molecule has 0 unspecified atom stereocenters. The highest BCUT2D eigenvalue weighted by Gasteiger charge is 2.18. The smallest absolute Gasteiger partial charge is 0.325 e. The summed E-state index contributed by atoms with van der Waals surface area (Å²) < 4.78 is 4.90. The average molecular weight is 276 g/mol. The molecule has 15 heavy (non-hydrogen) atoms. The summed E-state index contributed by atoms with van der Waals surface area (Å²) in [5.41, 5.74) is 4.65. The Balaban J connectivity index is 3.06. The van der Waals surface area contributed by atoms with Crippen molar-refractivity contribution >= 4 is 27.6 Å². The molecule has 80 valence electrons. The van der Waals surface area contributed by atoms with E-state index in [-0.39, 0.29) is 22.6 Å². The number of carbonyl (C=O) groups is 1. The van der Waals surface area contributed by atoms with E-state index < -0.39 is 10.9 Å². The molecule has 1 rings (SSSR count). The van der Waals surface area contributed by atoms with Crippen molar-refractivity contribution in [3.05, 3.63) is 27.0 Å². The first-order chi connectivity index (χ1) is 7.04. The van der Waals surface area contributed by atoms with E-state index >= 15 is 0 Å². The van der Waals surface area contributed by atoms with Crippen molar-refractivity contribution in [3.8, 4) is 5.75 Å². The Labute approximate surface area is 92.5 Å². The minimum atomic E-state index is -0.762. The lowest BCUT2D eigenvalue weighted by Gasteiger charge is -2.02. The normalized spacial score (nSPS) is 9.73. The molecule has 0 aliphatic carbocycles. The largest absolute Gasteiger partial charge is 0.417 e. The van der Waals surface area contributed by atoms with Gasteiger partial charge in [-0.25, -0.2) is 4.98 Å². The number of ether oxygens (including phenoxy) is 1. The third-order valence-electron chi connectivity index (χ3n) is 1.40. The van der Waals surface area contributed by atoms with E-state index in [2.05, 4.69) is 25.7 Å². The fraction of sp³-hybridized carbons (Fsp3) is 0.143. The highest BCUT2D eigenvalue weighted by molar-refractivity contribution is 9.10. The van der Waals surface area contributed by atoms with Gasteiger partial charge in [0.05, 0.1) is 23.7 Å². The molecule has 1 aromatic heterocycles. The molecule has 0 bridgehead atoms. The fourth-order valence-electron chi connectivity index (χ4n) is 0.793. The second-order valence-electron chi connectivity index (χ2n) is 2.41. The molecule has 7 nitrogen and oxygen atoms in total. The summed E-state index contributed by atoms with van der Waals surface area (Å²) in [5.74, 6) is -0.985. The summed E-state index contributed by atoms with van der Waals surface area (Å²) in [5, 5.41) is 10.6. The lowest BCUT2D eigenvalue weighted by atomic mass is 10.4. The molecule has 1 heterocycles. The number of nitrogens with two attached hydrogens (primary N) is 1. The van der Waals surface area contributed by atoms with E-state index in [0.29, 0.717) is 0 Å². The zero-order valence-electron chi connectivity index (χ0n) is 7.34. The molecule has 0 saturated carbocycles. The third-order valence-corrected chi connectivity index (χ3v) is 1.83. The van der Waals surface area contributed by atoms with Crippen molar-refractivity contribution in [2.75, 3.05) is 6.54 Å². The van der Waals surface area contributed by atoms with Crippen molar-refractivity contribution in [2.45, 2.75) is 0 Å². The quantitative estimate of drug-likeness (QED) is 0.375. The number of hydrogen-bond donors (Lipinski definition) is 1. The molecule has 8 heteroatoms. The van der Waals surface area contributed by atoms with Crippen LogP contribution in [0.3, 0.4) is 0 Å². The van der Waals surface area contributed by atoms with Gasteiger partial charge in [-0.3, -0.25) is 14.9 Å². The first kappa shape index (κ1) is 11.5.